The van der Waals surface area contributed by atoms with Crippen molar-refractivity contribution in [3.05, 3.63) is 142 Å². The molecule has 4 aromatic rings. The van der Waals surface area contributed by atoms with Crippen molar-refractivity contribution >= 4 is 5.69 Å². The van der Waals surface area contributed by atoms with E-state index in [9.17, 15) is 15.2 Å². The monoisotopic (exact) mass is 482 g/mol. The first kappa shape index (κ1) is 25.1. The lowest BCUT2D eigenvalue weighted by Crippen LogP contribution is -2.30. The minimum Gasteiger partial charge on any atom is -0.489 e. The van der Waals surface area contributed by atoms with Crippen molar-refractivity contribution in [2.75, 3.05) is 13.1 Å². The molecule has 0 bridgehead atoms. The highest BCUT2D eigenvalue weighted by Gasteiger charge is 2.15. The Morgan fingerprint density at radius 1 is 0.778 bits per heavy atom. The average molecular weight is 483 g/mol. The van der Waals surface area contributed by atoms with Gasteiger partial charge >= 0.3 is 0 Å². The van der Waals surface area contributed by atoms with Crippen LogP contribution in [0.1, 0.15) is 28.4 Å². The van der Waals surface area contributed by atoms with Crippen LogP contribution in [0.5, 0.6) is 5.75 Å². The Morgan fingerprint density at radius 3 is 2.00 bits per heavy atom. The van der Waals surface area contributed by atoms with E-state index in [-0.39, 0.29) is 10.6 Å². The number of ether oxygens (including phenoxy) is 1. The van der Waals surface area contributed by atoms with Crippen LogP contribution in [0, 0.1) is 10.1 Å². The van der Waals surface area contributed by atoms with Gasteiger partial charge in [-0.15, -0.1) is 0 Å². The largest absolute Gasteiger partial charge is 0.489 e. The number of benzene rings is 4. The number of rotatable bonds is 12. The fourth-order valence-corrected chi connectivity index (χ4v) is 4.03. The van der Waals surface area contributed by atoms with Crippen LogP contribution in [0.2, 0.25) is 0 Å². The zero-order valence-corrected chi connectivity index (χ0v) is 20.1. The summed E-state index contributed by atoms with van der Waals surface area (Å²) in [6, 6.07) is 34.4. The van der Waals surface area contributed by atoms with Gasteiger partial charge in [-0.2, -0.15) is 0 Å². The van der Waals surface area contributed by atoms with Gasteiger partial charge in [0.2, 0.25) is 0 Å². The van der Waals surface area contributed by atoms with Gasteiger partial charge in [-0.05, 0) is 40.8 Å². The van der Waals surface area contributed by atoms with Crippen LogP contribution < -0.4 is 4.74 Å². The van der Waals surface area contributed by atoms with Crippen molar-refractivity contribution < 1.29 is 14.8 Å². The summed E-state index contributed by atoms with van der Waals surface area (Å²) >= 11 is 0. The Balaban J connectivity index is 1.37. The number of aliphatic hydroxyl groups excluding tert-OH is 1. The topological polar surface area (TPSA) is 75.8 Å². The van der Waals surface area contributed by atoms with Crippen LogP contribution in [-0.2, 0) is 19.6 Å². The van der Waals surface area contributed by atoms with Crippen molar-refractivity contribution in [3.63, 3.8) is 0 Å². The van der Waals surface area contributed by atoms with Crippen LogP contribution in [0.15, 0.2) is 109 Å². The number of aliphatic hydroxyl groups is 1. The average Bonchev–Trinajstić information content (AvgIpc) is 2.92. The van der Waals surface area contributed by atoms with E-state index in [1.165, 1.54) is 12.1 Å². The summed E-state index contributed by atoms with van der Waals surface area (Å²) in [5.41, 5.74) is 4.21. The van der Waals surface area contributed by atoms with Gasteiger partial charge in [0.15, 0.2) is 0 Å². The molecule has 4 aromatic carbocycles. The molecule has 1 atom stereocenters. The van der Waals surface area contributed by atoms with Crippen LogP contribution >= 0.6 is 0 Å². The van der Waals surface area contributed by atoms with Crippen LogP contribution in [-0.4, -0.2) is 28.0 Å². The Morgan fingerprint density at radius 2 is 1.39 bits per heavy atom. The normalized spacial score (nSPS) is 11.8. The van der Waals surface area contributed by atoms with Gasteiger partial charge in [0.1, 0.15) is 12.4 Å². The summed E-state index contributed by atoms with van der Waals surface area (Å²) in [4.78, 5) is 12.7. The standard InChI is InChI=1S/C30H30N2O4/c33-30(27-13-17-29(18-14-27)36-23-26-9-5-2-6-10-26)22-31(21-25-7-3-1-4-8-25)20-19-24-11-15-28(16-12-24)32(34)35/h1-18,30,33H,19-23H2. The summed E-state index contributed by atoms with van der Waals surface area (Å²) in [5.74, 6) is 0.758. The second-order valence-corrected chi connectivity index (χ2v) is 8.75. The molecule has 0 saturated heterocycles. The molecule has 0 heterocycles. The Labute approximate surface area is 211 Å². The van der Waals surface area contributed by atoms with E-state index in [4.69, 9.17) is 4.74 Å². The van der Waals surface area contributed by atoms with Crippen LogP contribution in [0.25, 0.3) is 0 Å². The predicted octanol–water partition coefficient (Wildman–Crippen LogP) is 5.95. The number of nitro benzene ring substituents is 1. The molecule has 1 unspecified atom stereocenters. The Bertz CT molecular complexity index is 1210. The highest BCUT2D eigenvalue weighted by Crippen LogP contribution is 2.21. The zero-order chi connectivity index (χ0) is 25.2. The fourth-order valence-electron chi connectivity index (χ4n) is 4.03. The van der Waals surface area contributed by atoms with Crippen LogP contribution in [0.3, 0.4) is 0 Å². The molecule has 4 rings (SSSR count). The highest BCUT2D eigenvalue weighted by molar-refractivity contribution is 5.33. The lowest BCUT2D eigenvalue weighted by atomic mass is 10.1. The van der Waals surface area contributed by atoms with E-state index in [1.807, 2.05) is 72.8 Å². The maximum atomic E-state index is 11.0. The maximum absolute atomic E-state index is 11.0. The first-order valence-corrected chi connectivity index (χ1v) is 12.0. The molecule has 36 heavy (non-hydrogen) atoms. The third-order valence-corrected chi connectivity index (χ3v) is 6.06. The number of nitro groups is 1. The van der Waals surface area contributed by atoms with E-state index in [0.717, 1.165) is 34.4 Å². The summed E-state index contributed by atoms with van der Waals surface area (Å²) in [6.45, 7) is 2.37. The molecule has 0 aliphatic heterocycles. The quantitative estimate of drug-likeness (QED) is 0.199. The molecular weight excluding hydrogens is 452 g/mol. The minimum atomic E-state index is -0.659. The van der Waals surface area contributed by atoms with Gasteiger partial charge in [-0.3, -0.25) is 15.0 Å². The SMILES string of the molecule is O=[N+]([O-])c1ccc(CCN(Cc2ccccc2)CC(O)c2ccc(OCc3ccccc3)cc2)cc1. The lowest BCUT2D eigenvalue weighted by molar-refractivity contribution is -0.384. The van der Waals surface area contributed by atoms with E-state index in [0.29, 0.717) is 26.2 Å². The first-order valence-electron chi connectivity index (χ1n) is 12.0. The molecule has 6 heteroatoms. The molecule has 0 fully saturated rings. The van der Waals surface area contributed by atoms with Gasteiger partial charge in [-0.1, -0.05) is 84.9 Å². The molecule has 0 radical (unpaired) electrons. The van der Waals surface area contributed by atoms with Gasteiger partial charge in [-0.25, -0.2) is 0 Å². The predicted molar refractivity (Wildman–Crippen MR) is 141 cm³/mol. The molecule has 0 amide bonds. The fraction of sp³-hybridized carbons (Fsp3) is 0.200. The van der Waals surface area contributed by atoms with Crippen molar-refractivity contribution in [1.29, 1.82) is 0 Å². The van der Waals surface area contributed by atoms with E-state index in [1.54, 1.807) is 12.1 Å². The number of non-ortho nitro benzene ring substituents is 1. The third-order valence-electron chi connectivity index (χ3n) is 6.06. The second-order valence-electron chi connectivity index (χ2n) is 8.75. The molecule has 0 saturated carbocycles. The molecule has 184 valence electrons. The number of nitrogens with zero attached hydrogens (tertiary/aromatic N) is 2. The number of hydrogen-bond acceptors (Lipinski definition) is 5. The summed E-state index contributed by atoms with van der Waals surface area (Å²) < 4.78 is 5.86. The summed E-state index contributed by atoms with van der Waals surface area (Å²) in [5, 5.41) is 21.9. The molecular formula is C30H30N2O4. The smallest absolute Gasteiger partial charge is 0.269 e. The van der Waals surface area contributed by atoms with Crippen molar-refractivity contribution in [2.45, 2.75) is 25.7 Å². The molecule has 0 aliphatic carbocycles. The second kappa shape index (κ2) is 12.6. The van der Waals surface area contributed by atoms with E-state index in [2.05, 4.69) is 17.0 Å². The van der Waals surface area contributed by atoms with E-state index >= 15 is 0 Å². The highest BCUT2D eigenvalue weighted by atomic mass is 16.6. The Kier molecular flexibility index (Phi) is 8.81. The van der Waals surface area contributed by atoms with Crippen molar-refractivity contribution in [2.24, 2.45) is 0 Å². The van der Waals surface area contributed by atoms with Gasteiger partial charge in [0.25, 0.3) is 5.69 Å². The van der Waals surface area contributed by atoms with Gasteiger partial charge in [0, 0.05) is 31.8 Å². The summed E-state index contributed by atoms with van der Waals surface area (Å²) in [6.07, 6.45) is 0.0674. The maximum Gasteiger partial charge on any atom is 0.269 e. The first-order chi connectivity index (χ1) is 17.6. The number of hydrogen-bond donors (Lipinski definition) is 1. The van der Waals surface area contributed by atoms with Crippen LogP contribution in [0.4, 0.5) is 5.69 Å². The summed E-state index contributed by atoms with van der Waals surface area (Å²) in [7, 11) is 0. The van der Waals surface area contributed by atoms with Crippen molar-refractivity contribution in [1.82, 2.24) is 4.90 Å². The molecule has 0 aromatic heterocycles. The molecule has 0 aliphatic rings. The minimum absolute atomic E-state index is 0.0894. The van der Waals surface area contributed by atoms with Crippen molar-refractivity contribution in [3.8, 4) is 5.75 Å². The van der Waals surface area contributed by atoms with Gasteiger partial charge < -0.3 is 9.84 Å². The third kappa shape index (κ3) is 7.50. The van der Waals surface area contributed by atoms with Gasteiger partial charge in [0.05, 0.1) is 11.0 Å². The van der Waals surface area contributed by atoms with E-state index < -0.39 is 6.10 Å². The molecule has 6 nitrogen and oxygen atoms in total. The lowest BCUT2D eigenvalue weighted by Gasteiger charge is -2.25. The Hall–Kier alpha value is -4.00. The zero-order valence-electron chi connectivity index (χ0n) is 20.1. The molecule has 1 N–H and O–H groups in total. The molecule has 0 spiro atoms.